The Kier molecular flexibility index (Phi) is 5.74. The lowest BCUT2D eigenvalue weighted by Crippen LogP contribution is -1.97. The molecule has 0 atom stereocenters. The Labute approximate surface area is 104 Å². The van der Waals surface area contributed by atoms with E-state index in [2.05, 4.69) is 9.97 Å². The van der Waals surface area contributed by atoms with Crippen molar-refractivity contribution >= 4 is 17.7 Å². The van der Waals surface area contributed by atoms with Crippen LogP contribution in [0.4, 0.5) is 0 Å². The third-order valence-electron chi connectivity index (χ3n) is 1.81. The molecule has 0 aliphatic rings. The molecule has 0 fully saturated rings. The summed E-state index contributed by atoms with van der Waals surface area (Å²) in [5.41, 5.74) is 0.375. The molecule has 5 heteroatoms. The lowest BCUT2D eigenvalue weighted by molar-refractivity contribution is 0.0693. The van der Waals surface area contributed by atoms with Crippen molar-refractivity contribution in [1.29, 1.82) is 0 Å². The van der Waals surface area contributed by atoms with Gasteiger partial charge in [-0.05, 0) is 24.5 Å². The van der Waals surface area contributed by atoms with Crippen LogP contribution < -0.4 is 0 Å². The molecule has 17 heavy (non-hydrogen) atoms. The van der Waals surface area contributed by atoms with Crippen molar-refractivity contribution in [2.24, 2.45) is 0 Å². The normalized spacial score (nSPS) is 9.00. The van der Waals surface area contributed by atoms with Crippen LogP contribution >= 0.6 is 11.8 Å². The second kappa shape index (κ2) is 7.40. The summed E-state index contributed by atoms with van der Waals surface area (Å²) in [5.74, 6) is -0.866. The van der Waals surface area contributed by atoms with Crippen LogP contribution in [0, 0.1) is 0 Å². The molecule has 1 aromatic carbocycles. The number of carbonyl (C=O) groups is 1. The molecule has 0 saturated heterocycles. The minimum atomic E-state index is -0.866. The molecule has 2 aromatic rings. The summed E-state index contributed by atoms with van der Waals surface area (Å²) in [4.78, 5) is 18.7. The van der Waals surface area contributed by atoms with Gasteiger partial charge in [0.2, 0.25) is 0 Å². The largest absolute Gasteiger partial charge is 0.478 e. The van der Waals surface area contributed by atoms with Gasteiger partial charge in [-0.1, -0.05) is 12.1 Å². The Morgan fingerprint density at radius 2 is 1.82 bits per heavy atom. The van der Waals surface area contributed by atoms with E-state index in [9.17, 15) is 4.79 Å². The Hall–Kier alpha value is -1.88. The molecular formula is C12H12N2O2S. The highest BCUT2D eigenvalue weighted by molar-refractivity contribution is 7.98. The van der Waals surface area contributed by atoms with Gasteiger partial charge < -0.3 is 5.11 Å². The molecule has 1 heterocycles. The van der Waals surface area contributed by atoms with Crippen LogP contribution in [0.5, 0.6) is 0 Å². The molecular weight excluding hydrogens is 236 g/mol. The van der Waals surface area contributed by atoms with Gasteiger partial charge in [-0.15, -0.1) is 11.8 Å². The molecule has 0 aliphatic carbocycles. The molecule has 4 nitrogen and oxygen atoms in total. The summed E-state index contributed by atoms with van der Waals surface area (Å²) in [7, 11) is 0. The molecule has 0 spiro atoms. The van der Waals surface area contributed by atoms with Crippen LogP contribution in [-0.4, -0.2) is 27.3 Å². The number of hydrogen-bond donors (Lipinski definition) is 1. The van der Waals surface area contributed by atoms with Crippen molar-refractivity contribution in [3.63, 3.8) is 0 Å². The van der Waals surface area contributed by atoms with Crippen LogP contribution in [0.1, 0.15) is 10.4 Å². The summed E-state index contributed by atoms with van der Waals surface area (Å²) in [6.45, 7) is 0. The van der Waals surface area contributed by atoms with Crippen molar-refractivity contribution < 1.29 is 9.90 Å². The maximum Gasteiger partial charge on any atom is 0.336 e. The monoisotopic (exact) mass is 248 g/mol. The fraction of sp³-hybridized carbons (Fsp3) is 0.0833. The van der Waals surface area contributed by atoms with Crippen molar-refractivity contribution in [1.82, 2.24) is 9.97 Å². The van der Waals surface area contributed by atoms with E-state index in [1.165, 1.54) is 18.1 Å². The van der Waals surface area contributed by atoms with Crippen LogP contribution in [0.15, 0.2) is 53.9 Å². The van der Waals surface area contributed by atoms with Crippen molar-refractivity contribution in [2.45, 2.75) is 4.90 Å². The van der Waals surface area contributed by atoms with Crippen molar-refractivity contribution in [3.05, 3.63) is 54.6 Å². The van der Waals surface area contributed by atoms with Gasteiger partial charge in [0.15, 0.2) is 0 Å². The number of benzene rings is 1. The lowest BCUT2D eigenvalue weighted by Gasteiger charge is -1.99. The fourth-order valence-corrected chi connectivity index (χ4v) is 1.66. The molecule has 0 aliphatic heterocycles. The smallest absolute Gasteiger partial charge is 0.336 e. The van der Waals surface area contributed by atoms with Gasteiger partial charge in [0.25, 0.3) is 0 Å². The van der Waals surface area contributed by atoms with E-state index < -0.39 is 5.97 Å². The van der Waals surface area contributed by atoms with Gasteiger partial charge in [0.05, 0.1) is 5.56 Å². The molecule has 0 radical (unpaired) electrons. The highest BCUT2D eigenvalue weighted by atomic mass is 32.2. The number of rotatable bonds is 2. The van der Waals surface area contributed by atoms with Crippen LogP contribution in [-0.2, 0) is 0 Å². The van der Waals surface area contributed by atoms with Crippen LogP contribution in [0.2, 0.25) is 0 Å². The first-order valence-corrected chi connectivity index (χ1v) is 6.04. The van der Waals surface area contributed by atoms with E-state index in [0.717, 1.165) is 4.90 Å². The molecule has 1 aromatic heterocycles. The zero-order valence-corrected chi connectivity index (χ0v) is 10.1. The highest BCUT2D eigenvalue weighted by Gasteiger charge is 2.06. The molecule has 0 bridgehead atoms. The minimum Gasteiger partial charge on any atom is -0.478 e. The number of carboxylic acids is 1. The summed E-state index contributed by atoms with van der Waals surface area (Å²) in [6.07, 6.45) is 6.74. The number of aromatic nitrogens is 2. The van der Waals surface area contributed by atoms with E-state index in [1.807, 2.05) is 12.3 Å². The van der Waals surface area contributed by atoms with Gasteiger partial charge in [-0.25, -0.2) is 14.8 Å². The van der Waals surface area contributed by atoms with E-state index in [0.29, 0.717) is 5.56 Å². The zero-order valence-electron chi connectivity index (χ0n) is 9.28. The summed E-state index contributed by atoms with van der Waals surface area (Å²) in [5, 5.41) is 8.68. The predicted octanol–water partition coefficient (Wildman–Crippen LogP) is 2.58. The average molecular weight is 248 g/mol. The topological polar surface area (TPSA) is 63.1 Å². The Balaban J connectivity index is 0.000000202. The fourth-order valence-electron chi connectivity index (χ4n) is 1.07. The van der Waals surface area contributed by atoms with Crippen LogP contribution in [0.3, 0.4) is 0 Å². The summed E-state index contributed by atoms with van der Waals surface area (Å²) in [6, 6.07) is 8.74. The lowest BCUT2D eigenvalue weighted by atomic mass is 10.2. The van der Waals surface area contributed by atoms with Crippen LogP contribution in [0.25, 0.3) is 0 Å². The molecule has 0 unspecified atom stereocenters. The standard InChI is InChI=1S/C8H8O2S.C4H4N2/c1-11-7-5-3-2-4-6(7)8(9)10;1-2-5-4-6-3-1/h2-5H,1H3,(H,9,10);1-4H. The second-order valence-corrected chi connectivity index (χ2v) is 3.76. The first kappa shape index (κ1) is 13.2. The first-order chi connectivity index (χ1) is 8.25. The van der Waals surface area contributed by atoms with E-state index in [-0.39, 0.29) is 0 Å². The van der Waals surface area contributed by atoms with E-state index in [1.54, 1.807) is 36.7 Å². The molecule has 0 amide bonds. The Bertz CT molecular complexity index is 436. The van der Waals surface area contributed by atoms with Gasteiger partial charge in [-0.3, -0.25) is 0 Å². The third kappa shape index (κ3) is 4.65. The highest BCUT2D eigenvalue weighted by Crippen LogP contribution is 2.19. The van der Waals surface area contributed by atoms with Crippen molar-refractivity contribution in [3.8, 4) is 0 Å². The summed E-state index contributed by atoms with van der Waals surface area (Å²) < 4.78 is 0. The molecule has 0 saturated carbocycles. The maximum absolute atomic E-state index is 10.6. The second-order valence-electron chi connectivity index (χ2n) is 2.91. The number of nitrogens with zero attached hydrogens (tertiary/aromatic N) is 2. The quantitative estimate of drug-likeness (QED) is 0.827. The SMILES string of the molecule is CSc1ccccc1C(=O)O.c1cncnc1. The van der Waals surface area contributed by atoms with Gasteiger partial charge >= 0.3 is 5.97 Å². The number of carboxylic acid groups (broad SMARTS) is 1. The van der Waals surface area contributed by atoms with E-state index in [4.69, 9.17) is 5.11 Å². The van der Waals surface area contributed by atoms with Gasteiger partial charge in [0.1, 0.15) is 6.33 Å². The maximum atomic E-state index is 10.6. The molecule has 88 valence electrons. The minimum absolute atomic E-state index is 0.375. The zero-order chi connectivity index (χ0) is 12.5. The Morgan fingerprint density at radius 3 is 2.18 bits per heavy atom. The van der Waals surface area contributed by atoms with Crippen molar-refractivity contribution in [2.75, 3.05) is 6.26 Å². The van der Waals surface area contributed by atoms with E-state index >= 15 is 0 Å². The number of hydrogen-bond acceptors (Lipinski definition) is 4. The number of thioether (sulfide) groups is 1. The summed E-state index contributed by atoms with van der Waals surface area (Å²) >= 11 is 1.44. The molecule has 1 N–H and O–H groups in total. The molecule has 2 rings (SSSR count). The number of aromatic carboxylic acids is 1. The average Bonchev–Trinajstić information content (AvgIpc) is 2.41. The predicted molar refractivity (Wildman–Crippen MR) is 67.2 cm³/mol. The third-order valence-corrected chi connectivity index (χ3v) is 2.61. The van der Waals surface area contributed by atoms with Gasteiger partial charge in [-0.2, -0.15) is 0 Å². The van der Waals surface area contributed by atoms with Gasteiger partial charge in [0, 0.05) is 17.3 Å². The Morgan fingerprint density at radius 1 is 1.18 bits per heavy atom. The first-order valence-electron chi connectivity index (χ1n) is 4.82.